The van der Waals surface area contributed by atoms with Crippen LogP contribution in [0.25, 0.3) is 87.7 Å². The standard InChI is InChI=1S/C46H31B2N3OS/c47-46(48)38-20-6-4-16-36(38)41-33(17-10-21-39(41)52-46)31-13-8-14-32(27-31)44-49-43(30-25-23-29(24-26-30)28-11-2-1-3-12-28)50-45(51-44)37-19-9-18-35-34-15-5-7-22-40(34)53-42(35)37/h1-27H,47-48H2. The van der Waals surface area contributed by atoms with Crippen LogP contribution in [-0.4, -0.2) is 30.6 Å². The Balaban J connectivity index is 1.14. The van der Waals surface area contributed by atoms with Crippen molar-refractivity contribution < 1.29 is 4.74 Å². The Bertz CT molecular complexity index is 2850. The van der Waals surface area contributed by atoms with Gasteiger partial charge in [0.2, 0.25) is 0 Å². The SMILES string of the molecule is BC1(B)Oc2cccc(-c3cccc(-c4nc(-c5ccc(-c6ccccc6)cc5)nc(-c5cccc6c5sc5ccccc56)n4)c3)c2-c2ccccc21. The van der Waals surface area contributed by atoms with E-state index in [2.05, 4.69) is 173 Å². The highest BCUT2D eigenvalue weighted by Crippen LogP contribution is 2.48. The fourth-order valence-corrected chi connectivity index (χ4v) is 8.85. The smallest absolute Gasteiger partial charge is 0.165 e. The van der Waals surface area contributed by atoms with Gasteiger partial charge in [0.25, 0.3) is 0 Å². The summed E-state index contributed by atoms with van der Waals surface area (Å²) in [6.45, 7) is 0. The quantitative estimate of drug-likeness (QED) is 0.168. The minimum Gasteiger partial charge on any atom is -0.500 e. The van der Waals surface area contributed by atoms with Crippen LogP contribution in [0, 0.1) is 0 Å². The van der Waals surface area contributed by atoms with Crippen molar-refractivity contribution in [1.29, 1.82) is 0 Å². The first kappa shape index (κ1) is 31.4. The lowest BCUT2D eigenvalue weighted by molar-refractivity contribution is 0.241. The molecule has 0 saturated carbocycles. The van der Waals surface area contributed by atoms with Crippen LogP contribution in [0.15, 0.2) is 164 Å². The topological polar surface area (TPSA) is 47.9 Å². The van der Waals surface area contributed by atoms with E-state index >= 15 is 0 Å². The van der Waals surface area contributed by atoms with Crippen LogP contribution in [0.5, 0.6) is 5.75 Å². The molecule has 4 nitrogen and oxygen atoms in total. The molecular formula is C46H31B2N3OS. The van der Waals surface area contributed by atoms with Crippen LogP contribution in [0.1, 0.15) is 5.56 Å². The number of ether oxygens (including phenoxy) is 1. The molecule has 0 N–H and O–H groups in total. The van der Waals surface area contributed by atoms with Gasteiger partial charge in [0, 0.05) is 42.4 Å². The molecule has 0 amide bonds. The van der Waals surface area contributed by atoms with Crippen molar-refractivity contribution in [3.8, 4) is 73.3 Å². The molecule has 0 bridgehead atoms. The lowest BCUT2D eigenvalue weighted by Crippen LogP contribution is -2.37. The van der Waals surface area contributed by atoms with Crippen molar-refractivity contribution in [3.05, 3.63) is 169 Å². The number of rotatable bonds is 5. The Morgan fingerprint density at radius 1 is 0.453 bits per heavy atom. The van der Waals surface area contributed by atoms with Gasteiger partial charge in [0.15, 0.2) is 33.2 Å². The van der Waals surface area contributed by atoms with Crippen molar-refractivity contribution >= 4 is 47.2 Å². The van der Waals surface area contributed by atoms with Gasteiger partial charge in [-0.15, -0.1) is 11.3 Å². The minimum atomic E-state index is -0.432. The molecule has 0 saturated heterocycles. The van der Waals surface area contributed by atoms with Crippen molar-refractivity contribution in [3.63, 3.8) is 0 Å². The summed E-state index contributed by atoms with van der Waals surface area (Å²) in [5.41, 5.74) is 10.8. The lowest BCUT2D eigenvalue weighted by Gasteiger charge is -2.36. The molecule has 7 aromatic carbocycles. The first-order valence-corrected chi connectivity index (χ1v) is 18.7. The number of hydrogen-bond donors (Lipinski definition) is 0. The van der Waals surface area contributed by atoms with Gasteiger partial charge in [0.1, 0.15) is 5.75 Å². The molecule has 0 radical (unpaired) electrons. The number of nitrogens with zero attached hydrogens (tertiary/aromatic N) is 3. The normalized spacial score (nSPS) is 13.0. The number of thiophene rings is 1. The molecule has 0 atom stereocenters. The van der Waals surface area contributed by atoms with Crippen LogP contribution >= 0.6 is 11.3 Å². The zero-order valence-electron chi connectivity index (χ0n) is 29.2. The van der Waals surface area contributed by atoms with Crippen LogP contribution in [0.2, 0.25) is 0 Å². The van der Waals surface area contributed by atoms with Crippen molar-refractivity contribution in [1.82, 2.24) is 15.0 Å². The zero-order chi connectivity index (χ0) is 35.5. The van der Waals surface area contributed by atoms with E-state index < -0.39 is 5.40 Å². The molecule has 0 aliphatic carbocycles. The number of benzene rings is 7. The van der Waals surface area contributed by atoms with Crippen molar-refractivity contribution in [2.24, 2.45) is 0 Å². The second-order valence-electron chi connectivity index (χ2n) is 13.9. The average Bonchev–Trinajstić information content (AvgIpc) is 3.60. The second kappa shape index (κ2) is 12.4. The maximum atomic E-state index is 6.61. The van der Waals surface area contributed by atoms with Crippen molar-refractivity contribution in [2.45, 2.75) is 5.40 Å². The second-order valence-corrected chi connectivity index (χ2v) is 15.0. The van der Waals surface area contributed by atoms with Crippen LogP contribution in [0.3, 0.4) is 0 Å². The van der Waals surface area contributed by atoms with Gasteiger partial charge < -0.3 is 4.74 Å². The highest BCUT2D eigenvalue weighted by molar-refractivity contribution is 7.26. The van der Waals surface area contributed by atoms with E-state index in [4.69, 9.17) is 19.7 Å². The molecule has 1 aliphatic heterocycles. The van der Waals surface area contributed by atoms with E-state index in [-0.39, 0.29) is 0 Å². The molecule has 1 aliphatic rings. The van der Waals surface area contributed by atoms with Crippen molar-refractivity contribution in [2.75, 3.05) is 0 Å². The average molecular weight is 695 g/mol. The predicted molar refractivity (Wildman–Crippen MR) is 225 cm³/mol. The van der Waals surface area contributed by atoms with E-state index in [0.29, 0.717) is 17.5 Å². The molecule has 2 aromatic heterocycles. The maximum Gasteiger partial charge on any atom is 0.165 e. The van der Waals surface area contributed by atoms with E-state index in [1.54, 1.807) is 11.3 Å². The molecule has 10 rings (SSSR count). The van der Waals surface area contributed by atoms with Gasteiger partial charge >= 0.3 is 0 Å². The monoisotopic (exact) mass is 695 g/mol. The third-order valence-electron chi connectivity index (χ3n) is 10.2. The largest absolute Gasteiger partial charge is 0.500 e. The Hall–Kier alpha value is -6.30. The number of fused-ring (bicyclic) bond motifs is 6. The van der Waals surface area contributed by atoms with Gasteiger partial charge in [-0.2, -0.15) is 0 Å². The summed E-state index contributed by atoms with van der Waals surface area (Å²) in [4.78, 5) is 15.5. The van der Waals surface area contributed by atoms with E-state index in [0.717, 1.165) is 44.7 Å². The Morgan fingerprint density at radius 2 is 1.04 bits per heavy atom. The first-order valence-electron chi connectivity index (χ1n) is 17.9. The zero-order valence-corrected chi connectivity index (χ0v) is 30.1. The lowest BCUT2D eigenvalue weighted by atomic mass is 9.58. The molecular weight excluding hydrogens is 664 g/mol. The number of hydrogen-bond acceptors (Lipinski definition) is 5. The molecule has 0 spiro atoms. The fourth-order valence-electron chi connectivity index (χ4n) is 7.64. The predicted octanol–water partition coefficient (Wildman–Crippen LogP) is 10.0. The highest BCUT2D eigenvalue weighted by atomic mass is 32.1. The molecule has 3 heterocycles. The summed E-state index contributed by atoms with van der Waals surface area (Å²) in [6.07, 6.45) is 0. The van der Waals surface area contributed by atoms with Gasteiger partial charge in [-0.1, -0.05) is 140 Å². The Labute approximate surface area is 313 Å². The molecule has 0 fully saturated rings. The fraction of sp³-hybridized carbons (Fsp3) is 0.0217. The molecule has 7 heteroatoms. The van der Waals surface area contributed by atoms with Crippen LogP contribution in [0.4, 0.5) is 0 Å². The third-order valence-corrected chi connectivity index (χ3v) is 11.4. The number of aromatic nitrogens is 3. The molecule has 248 valence electrons. The van der Waals surface area contributed by atoms with E-state index in [1.165, 1.54) is 36.9 Å². The minimum absolute atomic E-state index is 0.432. The summed E-state index contributed by atoms with van der Waals surface area (Å²) < 4.78 is 9.03. The van der Waals surface area contributed by atoms with Gasteiger partial charge in [-0.05, 0) is 57.6 Å². The summed E-state index contributed by atoms with van der Waals surface area (Å²) in [5, 5.41) is 2.02. The Kier molecular flexibility index (Phi) is 7.37. The van der Waals surface area contributed by atoms with Gasteiger partial charge in [0.05, 0.1) is 5.40 Å². The maximum absolute atomic E-state index is 6.61. The van der Waals surface area contributed by atoms with Gasteiger partial charge in [-0.3, -0.25) is 0 Å². The summed E-state index contributed by atoms with van der Waals surface area (Å²) in [5.74, 6) is 2.80. The Morgan fingerprint density at radius 3 is 1.91 bits per heavy atom. The first-order chi connectivity index (χ1) is 26.0. The van der Waals surface area contributed by atoms with Crippen LogP contribution in [-0.2, 0) is 5.40 Å². The highest BCUT2D eigenvalue weighted by Gasteiger charge is 2.33. The molecule has 9 aromatic rings. The third kappa shape index (κ3) is 5.44. The van der Waals surface area contributed by atoms with E-state index in [9.17, 15) is 0 Å². The van der Waals surface area contributed by atoms with Gasteiger partial charge in [-0.25, -0.2) is 15.0 Å². The summed E-state index contributed by atoms with van der Waals surface area (Å²) >= 11 is 1.78. The summed E-state index contributed by atoms with van der Waals surface area (Å²) in [6, 6.07) is 57.3. The molecule has 0 unspecified atom stereocenters. The summed E-state index contributed by atoms with van der Waals surface area (Å²) in [7, 11) is 4.26. The molecule has 53 heavy (non-hydrogen) atoms. The van der Waals surface area contributed by atoms with E-state index in [1.807, 2.05) is 6.07 Å². The van der Waals surface area contributed by atoms with Crippen LogP contribution < -0.4 is 4.74 Å².